The first-order valence-electron chi connectivity index (χ1n) is 13.1. The van der Waals surface area contributed by atoms with Crippen LogP contribution < -0.4 is 5.69 Å². The molecule has 5 aromatic rings. The maximum atomic E-state index is 13.9. The fourth-order valence-corrected chi connectivity index (χ4v) is 4.94. The number of carbonyl (C=O) groups excluding carboxylic acids is 1. The van der Waals surface area contributed by atoms with E-state index in [0.717, 1.165) is 46.5 Å². The number of imidazole rings is 1. The number of tetrazole rings is 1. The predicted octanol–water partition coefficient (Wildman–Crippen LogP) is 5.21. The Bertz CT molecular complexity index is 1660. The summed E-state index contributed by atoms with van der Waals surface area (Å²) < 4.78 is 3.48. The van der Waals surface area contributed by atoms with E-state index in [0.29, 0.717) is 23.6 Å². The zero-order valence-corrected chi connectivity index (χ0v) is 22.5. The molecule has 39 heavy (non-hydrogen) atoms. The van der Waals surface area contributed by atoms with Crippen LogP contribution >= 0.6 is 0 Å². The van der Waals surface area contributed by atoms with Crippen LogP contribution in [-0.4, -0.2) is 40.5 Å². The molecule has 2 aromatic carbocycles. The van der Waals surface area contributed by atoms with Crippen molar-refractivity contribution in [2.45, 2.75) is 53.0 Å². The zero-order valence-electron chi connectivity index (χ0n) is 22.5. The van der Waals surface area contributed by atoms with E-state index in [9.17, 15) is 9.59 Å². The molecule has 1 N–H and O–H groups in total. The van der Waals surface area contributed by atoms with Crippen LogP contribution in [0.4, 0.5) is 0 Å². The van der Waals surface area contributed by atoms with E-state index < -0.39 is 0 Å². The van der Waals surface area contributed by atoms with Gasteiger partial charge in [0.1, 0.15) is 0 Å². The van der Waals surface area contributed by atoms with Crippen LogP contribution in [0.25, 0.3) is 28.3 Å². The number of pyridine rings is 1. The fraction of sp³-hybridized carbons (Fsp3) is 0.267. The summed E-state index contributed by atoms with van der Waals surface area (Å²) in [6, 6.07) is 17.4. The smallest absolute Gasteiger partial charge is 0.294 e. The molecule has 0 aliphatic carbocycles. The number of Topliss-reactive ketones (excluding diaryl/α,β-unsaturated/α-hetero) is 1. The van der Waals surface area contributed by atoms with Crippen LogP contribution in [0.2, 0.25) is 0 Å². The average molecular weight is 522 g/mol. The maximum Gasteiger partial charge on any atom is 0.333 e. The van der Waals surface area contributed by atoms with Crippen LogP contribution in [0.15, 0.2) is 71.8 Å². The Morgan fingerprint density at radius 2 is 1.85 bits per heavy atom. The summed E-state index contributed by atoms with van der Waals surface area (Å²) in [5.74, 6) is 0.640. The molecule has 3 aromatic heterocycles. The molecule has 0 bridgehead atoms. The number of aromatic amines is 1. The minimum Gasteiger partial charge on any atom is -0.294 e. The zero-order chi connectivity index (χ0) is 27.5. The third-order valence-electron chi connectivity index (χ3n) is 6.85. The number of benzene rings is 2. The molecule has 0 unspecified atom stereocenters. The quantitative estimate of drug-likeness (QED) is 0.267. The minimum absolute atomic E-state index is 0.0604. The molecule has 0 aliphatic rings. The molecule has 5 rings (SSSR count). The SMILES string of the molecule is CCCc1cn(-c2c(C(C)=O)cccc2C(C)C)c(=O)n1Cc1ccc(-c2ncccc2-c2nnn[nH]2)cc1. The lowest BCUT2D eigenvalue weighted by molar-refractivity contribution is 0.101. The van der Waals surface area contributed by atoms with Gasteiger partial charge in [0.25, 0.3) is 0 Å². The van der Waals surface area contributed by atoms with Crippen molar-refractivity contribution in [3.8, 4) is 28.3 Å². The van der Waals surface area contributed by atoms with E-state index >= 15 is 0 Å². The van der Waals surface area contributed by atoms with Gasteiger partial charge < -0.3 is 0 Å². The summed E-state index contributed by atoms with van der Waals surface area (Å²) in [5, 5.41) is 14.2. The van der Waals surface area contributed by atoms with Crippen molar-refractivity contribution in [3.05, 3.63) is 99.9 Å². The molecular formula is C30H31N7O2. The van der Waals surface area contributed by atoms with Gasteiger partial charge in [0.2, 0.25) is 0 Å². The molecule has 198 valence electrons. The standard InChI is InChI=1S/C30H31N7O2/c1-5-8-23-18-37(28-24(19(2)3)9-6-10-25(28)20(4)38)30(39)36(23)17-21-12-14-22(15-13-21)27-26(11-7-16-31-27)29-32-34-35-33-29/h6-7,9-16,18-19H,5,8,17H2,1-4H3,(H,32,33,34,35). The number of rotatable bonds is 9. The molecule has 0 amide bonds. The van der Waals surface area contributed by atoms with Gasteiger partial charge in [-0.1, -0.05) is 63.6 Å². The van der Waals surface area contributed by atoms with E-state index in [2.05, 4.69) is 46.4 Å². The van der Waals surface area contributed by atoms with Crippen molar-refractivity contribution in [2.24, 2.45) is 0 Å². The number of ketones is 1. The molecule has 0 saturated carbocycles. The van der Waals surface area contributed by atoms with Crippen LogP contribution in [0.1, 0.15) is 67.2 Å². The number of hydrogen-bond donors (Lipinski definition) is 1. The van der Waals surface area contributed by atoms with Crippen LogP contribution in [0.3, 0.4) is 0 Å². The van der Waals surface area contributed by atoms with Gasteiger partial charge >= 0.3 is 5.69 Å². The van der Waals surface area contributed by atoms with Gasteiger partial charge in [-0.3, -0.25) is 18.9 Å². The molecule has 9 nitrogen and oxygen atoms in total. The van der Waals surface area contributed by atoms with Crippen LogP contribution in [0, 0.1) is 0 Å². The number of H-pyrrole nitrogens is 1. The Balaban J connectivity index is 1.53. The highest BCUT2D eigenvalue weighted by atomic mass is 16.2. The second-order valence-electron chi connectivity index (χ2n) is 9.91. The van der Waals surface area contributed by atoms with Gasteiger partial charge in [0.05, 0.1) is 17.9 Å². The Hall–Kier alpha value is -4.66. The van der Waals surface area contributed by atoms with E-state index in [1.807, 2.05) is 59.3 Å². The number of hydrogen-bond acceptors (Lipinski definition) is 6. The van der Waals surface area contributed by atoms with Crippen molar-refractivity contribution in [2.75, 3.05) is 0 Å². The molecule has 3 heterocycles. The second-order valence-corrected chi connectivity index (χ2v) is 9.91. The minimum atomic E-state index is -0.150. The molecule has 0 aliphatic heterocycles. The van der Waals surface area contributed by atoms with Crippen LogP contribution in [-0.2, 0) is 13.0 Å². The van der Waals surface area contributed by atoms with Crippen molar-refractivity contribution in [1.29, 1.82) is 0 Å². The van der Waals surface area contributed by atoms with Crippen molar-refractivity contribution < 1.29 is 4.79 Å². The van der Waals surface area contributed by atoms with Gasteiger partial charge in [-0.05, 0) is 59.0 Å². The Morgan fingerprint density at radius 3 is 2.51 bits per heavy atom. The Labute approximate surface area is 226 Å². The van der Waals surface area contributed by atoms with Crippen LogP contribution in [0.5, 0.6) is 0 Å². The number of para-hydroxylation sites is 1. The van der Waals surface area contributed by atoms with Gasteiger partial charge in [-0.2, -0.15) is 0 Å². The van der Waals surface area contributed by atoms with Gasteiger partial charge in [-0.15, -0.1) is 5.10 Å². The summed E-state index contributed by atoms with van der Waals surface area (Å²) in [5.41, 5.74) is 6.47. The number of aryl methyl sites for hydroxylation is 1. The van der Waals surface area contributed by atoms with E-state index in [4.69, 9.17) is 0 Å². The average Bonchev–Trinajstić information content (AvgIpc) is 3.58. The largest absolute Gasteiger partial charge is 0.333 e. The summed E-state index contributed by atoms with van der Waals surface area (Å²) in [6.07, 6.45) is 5.29. The summed E-state index contributed by atoms with van der Waals surface area (Å²) in [6.45, 7) is 8.21. The summed E-state index contributed by atoms with van der Waals surface area (Å²) in [4.78, 5) is 31.0. The topological polar surface area (TPSA) is 111 Å². The second kappa shape index (κ2) is 11.0. The molecule has 0 atom stereocenters. The Morgan fingerprint density at radius 1 is 1.05 bits per heavy atom. The summed E-state index contributed by atoms with van der Waals surface area (Å²) >= 11 is 0. The number of carbonyl (C=O) groups is 1. The van der Waals surface area contributed by atoms with E-state index in [1.165, 1.54) is 0 Å². The van der Waals surface area contributed by atoms with Gasteiger partial charge in [0, 0.05) is 34.8 Å². The highest BCUT2D eigenvalue weighted by molar-refractivity contribution is 5.98. The monoisotopic (exact) mass is 521 g/mol. The van der Waals surface area contributed by atoms with Gasteiger partial charge in [-0.25, -0.2) is 9.89 Å². The molecular weight excluding hydrogens is 490 g/mol. The van der Waals surface area contributed by atoms with Crippen molar-refractivity contribution in [3.63, 3.8) is 0 Å². The fourth-order valence-electron chi connectivity index (χ4n) is 4.94. The number of nitrogens with one attached hydrogen (secondary N) is 1. The van der Waals surface area contributed by atoms with Crippen molar-refractivity contribution in [1.82, 2.24) is 34.7 Å². The normalized spacial score (nSPS) is 11.3. The molecule has 0 spiro atoms. The molecule has 9 heteroatoms. The third-order valence-corrected chi connectivity index (χ3v) is 6.85. The highest BCUT2D eigenvalue weighted by Gasteiger charge is 2.21. The van der Waals surface area contributed by atoms with Crippen molar-refractivity contribution >= 4 is 5.78 Å². The molecule has 0 radical (unpaired) electrons. The number of nitrogens with zero attached hydrogens (tertiary/aromatic N) is 6. The first-order chi connectivity index (χ1) is 18.9. The number of aromatic nitrogens is 7. The molecule has 0 fully saturated rings. The van der Waals surface area contributed by atoms with E-state index in [-0.39, 0.29) is 17.4 Å². The lowest BCUT2D eigenvalue weighted by Gasteiger charge is -2.16. The lowest BCUT2D eigenvalue weighted by atomic mass is 9.96. The predicted molar refractivity (Wildman–Crippen MR) is 150 cm³/mol. The summed E-state index contributed by atoms with van der Waals surface area (Å²) in [7, 11) is 0. The lowest BCUT2D eigenvalue weighted by Crippen LogP contribution is -2.26. The van der Waals surface area contributed by atoms with Gasteiger partial charge in [0.15, 0.2) is 11.6 Å². The van der Waals surface area contributed by atoms with E-state index in [1.54, 1.807) is 23.8 Å². The highest BCUT2D eigenvalue weighted by Crippen LogP contribution is 2.29. The first kappa shape index (κ1) is 26.0. The maximum absolute atomic E-state index is 13.9. The third kappa shape index (κ3) is 5.07. The molecule has 0 saturated heterocycles. The first-order valence-corrected chi connectivity index (χ1v) is 13.1. The Kier molecular flexibility index (Phi) is 7.31.